The molecular weight excluding hydrogens is 731 g/mol. The Morgan fingerprint density at radius 2 is 1.67 bits per heavy atom. The van der Waals surface area contributed by atoms with E-state index in [-0.39, 0.29) is 43.3 Å². The van der Waals surface area contributed by atoms with Crippen LogP contribution in [0.4, 0.5) is 55.9 Å². The van der Waals surface area contributed by atoms with E-state index in [1.165, 1.54) is 21.8 Å². The molecule has 3 rings (SSSR count). The molecule has 0 aliphatic heterocycles. The molecule has 1 atom stereocenters. The summed E-state index contributed by atoms with van der Waals surface area (Å²) in [5, 5.41) is 12.0. The number of alkyl halides is 9. The molecule has 1 heterocycles. The molecule has 1 aliphatic carbocycles. The first-order chi connectivity index (χ1) is 25.1. The van der Waals surface area contributed by atoms with Gasteiger partial charge in [0.25, 0.3) is 5.95 Å². The molecule has 1 amide bonds. The predicted octanol–water partition coefficient (Wildman–Crippen LogP) is 11.6. The van der Waals surface area contributed by atoms with Crippen LogP contribution in [-0.4, -0.2) is 64.4 Å². The van der Waals surface area contributed by atoms with Crippen LogP contribution in [0.5, 0.6) is 0 Å². The van der Waals surface area contributed by atoms with Crippen molar-refractivity contribution in [2.24, 2.45) is 7.05 Å². The summed E-state index contributed by atoms with van der Waals surface area (Å²) in [4.78, 5) is 17.7. The molecule has 2 aromatic rings. The quantitative estimate of drug-likeness (QED) is 0.158. The summed E-state index contributed by atoms with van der Waals surface area (Å²) < 4.78 is 113. The Balaban J connectivity index is 0.00000122. The van der Waals surface area contributed by atoms with E-state index < -0.39 is 36.6 Å². The largest absolute Gasteiger partial charge is 0.446 e. The summed E-state index contributed by atoms with van der Waals surface area (Å²) in [7, 11) is 3.54. The zero-order chi connectivity index (χ0) is 41.7. The lowest BCUT2D eigenvalue weighted by Crippen LogP contribution is -2.37. The number of nitrogens with zero attached hydrogens (tertiary/aromatic N) is 6. The standard InChI is InChI=1S/C24H35F3N6O2.C9H11F3.C2H3F3.C2H6/c1-5-18-13-14-19(16-21(18)24(25,26)27)33(23(34)35-20-11-7-6-8-12-20)15-9-10-17(2)31(3)22-28-30-32(4)29-22;1-3-4-5-8(2)6-7-9(10,11)12;1-2(3,4)5;1-2/h13-14,16-17,20H,5-12,15H2,1-4H3;3-6H,1,7H2,2H3;1H3;1-2H3/b;5-4-,8-6-;;. The first kappa shape index (κ1) is 49.9. The number of aromatic nitrogens is 4. The number of benzene rings is 1. The van der Waals surface area contributed by atoms with Crippen molar-refractivity contribution in [2.45, 2.75) is 130 Å². The Morgan fingerprint density at radius 3 is 2.15 bits per heavy atom. The highest BCUT2D eigenvalue weighted by molar-refractivity contribution is 5.88. The third-order valence-electron chi connectivity index (χ3n) is 7.76. The van der Waals surface area contributed by atoms with Gasteiger partial charge in [-0.3, -0.25) is 4.90 Å². The molecular formula is C37H55F9N6O2. The van der Waals surface area contributed by atoms with Crippen LogP contribution in [0.15, 0.2) is 54.7 Å². The molecule has 17 heteroatoms. The van der Waals surface area contributed by atoms with Crippen LogP contribution in [0.3, 0.4) is 0 Å². The second kappa shape index (κ2) is 24.4. The van der Waals surface area contributed by atoms with E-state index in [1.54, 1.807) is 39.1 Å². The number of anilines is 2. The van der Waals surface area contributed by atoms with Crippen molar-refractivity contribution in [3.8, 4) is 0 Å². The lowest BCUT2D eigenvalue weighted by Gasteiger charge is -2.29. The van der Waals surface area contributed by atoms with E-state index in [0.29, 0.717) is 24.4 Å². The third kappa shape index (κ3) is 21.6. The number of ether oxygens (including phenoxy) is 1. The summed E-state index contributed by atoms with van der Waals surface area (Å²) in [6.07, 6.45) is -2.29. The number of tetrazole rings is 1. The molecule has 1 aromatic heterocycles. The van der Waals surface area contributed by atoms with Gasteiger partial charge in [-0.05, 0) is 81.7 Å². The summed E-state index contributed by atoms with van der Waals surface area (Å²) >= 11 is 0. The fourth-order valence-corrected chi connectivity index (χ4v) is 4.93. The van der Waals surface area contributed by atoms with Gasteiger partial charge in [0.15, 0.2) is 0 Å². The summed E-state index contributed by atoms with van der Waals surface area (Å²) in [6, 6.07) is 4.13. The zero-order valence-electron chi connectivity index (χ0n) is 32.4. The number of rotatable bonds is 12. The van der Waals surface area contributed by atoms with Crippen molar-refractivity contribution in [1.29, 1.82) is 0 Å². The molecule has 0 bridgehead atoms. The maximum absolute atomic E-state index is 13.7. The van der Waals surface area contributed by atoms with E-state index >= 15 is 0 Å². The van der Waals surface area contributed by atoms with Gasteiger partial charge in [-0.1, -0.05) is 74.8 Å². The molecule has 1 unspecified atom stereocenters. The molecule has 0 saturated heterocycles. The number of halogens is 9. The smallest absolute Gasteiger partial charge is 0.416 e. The minimum atomic E-state index is -4.50. The maximum Gasteiger partial charge on any atom is 0.416 e. The molecule has 1 fully saturated rings. The maximum atomic E-state index is 13.7. The SMILES string of the molecule is C=C/C=C\C(C)=C/CC(F)(F)F.CC.CC(F)(F)F.CCc1ccc(N(CCCC(C)N(C)c2nnn(C)n2)C(=O)OC2CCCCC2)cc1C(F)(F)F. The van der Waals surface area contributed by atoms with Gasteiger partial charge in [-0.25, -0.2) is 4.79 Å². The minimum Gasteiger partial charge on any atom is -0.446 e. The molecule has 1 aromatic carbocycles. The second-order valence-corrected chi connectivity index (χ2v) is 12.3. The Morgan fingerprint density at radius 1 is 1.07 bits per heavy atom. The number of hydrogen-bond donors (Lipinski definition) is 0. The lowest BCUT2D eigenvalue weighted by atomic mass is 9.98. The van der Waals surface area contributed by atoms with Crippen LogP contribution in [0.2, 0.25) is 0 Å². The predicted molar refractivity (Wildman–Crippen MR) is 194 cm³/mol. The van der Waals surface area contributed by atoms with Crippen molar-refractivity contribution in [3.63, 3.8) is 0 Å². The number of carbonyl (C=O) groups is 1. The Bertz CT molecular complexity index is 1420. The van der Waals surface area contributed by atoms with Crippen LogP contribution < -0.4 is 9.80 Å². The monoisotopic (exact) mass is 786 g/mol. The molecule has 308 valence electrons. The van der Waals surface area contributed by atoms with E-state index in [9.17, 15) is 44.3 Å². The van der Waals surface area contributed by atoms with Gasteiger partial charge < -0.3 is 9.64 Å². The first-order valence-electron chi connectivity index (χ1n) is 17.8. The highest BCUT2D eigenvalue weighted by Gasteiger charge is 2.34. The fourth-order valence-electron chi connectivity index (χ4n) is 4.93. The number of allylic oxidation sites excluding steroid dienone is 5. The van der Waals surface area contributed by atoms with Crippen LogP contribution in [0.1, 0.15) is 104 Å². The Labute approximate surface area is 313 Å². The highest BCUT2D eigenvalue weighted by Crippen LogP contribution is 2.35. The van der Waals surface area contributed by atoms with E-state index in [1.807, 2.05) is 32.7 Å². The Kier molecular flexibility index (Phi) is 22.5. The van der Waals surface area contributed by atoms with Gasteiger partial charge in [0.2, 0.25) is 0 Å². The third-order valence-corrected chi connectivity index (χ3v) is 7.76. The van der Waals surface area contributed by atoms with Crippen molar-refractivity contribution >= 4 is 17.7 Å². The van der Waals surface area contributed by atoms with Crippen molar-refractivity contribution < 1.29 is 49.0 Å². The van der Waals surface area contributed by atoms with Crippen LogP contribution in [0, 0.1) is 0 Å². The van der Waals surface area contributed by atoms with Gasteiger partial charge in [0.05, 0.1) is 19.0 Å². The molecule has 0 N–H and O–H groups in total. The summed E-state index contributed by atoms with van der Waals surface area (Å²) in [6.45, 7) is 13.1. The Hall–Kier alpha value is -4.05. The van der Waals surface area contributed by atoms with Gasteiger partial charge >= 0.3 is 24.6 Å². The van der Waals surface area contributed by atoms with Crippen LogP contribution >= 0.6 is 0 Å². The van der Waals surface area contributed by atoms with Crippen LogP contribution in [0.25, 0.3) is 0 Å². The number of carbonyl (C=O) groups excluding carboxylic acids is 1. The van der Waals surface area contributed by atoms with Gasteiger partial charge in [-0.15, -0.1) is 5.10 Å². The van der Waals surface area contributed by atoms with Gasteiger partial charge in [0, 0.05) is 32.2 Å². The molecule has 54 heavy (non-hydrogen) atoms. The summed E-state index contributed by atoms with van der Waals surface area (Å²) in [5.74, 6) is 0.485. The van der Waals surface area contributed by atoms with Crippen molar-refractivity contribution in [3.05, 3.63) is 65.8 Å². The normalized spacial score (nSPS) is 14.4. The fraction of sp³-hybridized carbons (Fsp3) is 0.622. The molecule has 0 radical (unpaired) electrons. The van der Waals surface area contributed by atoms with Gasteiger partial charge in [-0.2, -0.15) is 44.3 Å². The van der Waals surface area contributed by atoms with E-state index in [4.69, 9.17) is 4.74 Å². The topological polar surface area (TPSA) is 76.4 Å². The molecule has 8 nitrogen and oxygen atoms in total. The molecule has 0 spiro atoms. The number of aryl methyl sites for hydroxylation is 2. The van der Waals surface area contributed by atoms with Crippen molar-refractivity contribution in [2.75, 3.05) is 23.4 Å². The minimum absolute atomic E-state index is 0.0311. The number of amides is 1. The molecule has 1 saturated carbocycles. The van der Waals surface area contributed by atoms with Crippen LogP contribution in [-0.2, 0) is 24.4 Å². The van der Waals surface area contributed by atoms with Gasteiger partial charge in [0.1, 0.15) is 6.10 Å². The average molecular weight is 787 g/mol. The first-order valence-corrected chi connectivity index (χ1v) is 17.8. The number of hydrogen-bond acceptors (Lipinski definition) is 6. The second-order valence-electron chi connectivity index (χ2n) is 12.3. The van der Waals surface area contributed by atoms with E-state index in [2.05, 4.69) is 22.0 Å². The average Bonchev–Trinajstić information content (AvgIpc) is 3.53. The van der Waals surface area contributed by atoms with Crippen molar-refractivity contribution in [1.82, 2.24) is 20.2 Å². The molecule has 1 aliphatic rings. The zero-order valence-corrected chi connectivity index (χ0v) is 32.4. The highest BCUT2D eigenvalue weighted by atomic mass is 19.4. The van der Waals surface area contributed by atoms with E-state index in [0.717, 1.165) is 44.2 Å². The lowest BCUT2D eigenvalue weighted by molar-refractivity contribution is -0.138. The summed E-state index contributed by atoms with van der Waals surface area (Å²) in [5.41, 5.74) is 0.280.